The van der Waals surface area contributed by atoms with E-state index in [0.29, 0.717) is 13.1 Å². The van der Waals surface area contributed by atoms with Crippen molar-refractivity contribution in [1.29, 1.82) is 0 Å². The molecular weight excluding hydrogens is 264 g/mol. The summed E-state index contributed by atoms with van der Waals surface area (Å²) in [5, 5.41) is 9.49. The first-order valence-electron chi connectivity index (χ1n) is 7.14. The molecule has 0 saturated carbocycles. The zero-order chi connectivity index (χ0) is 14.7. The summed E-state index contributed by atoms with van der Waals surface area (Å²) in [5.74, 6) is -1.02. The van der Waals surface area contributed by atoms with E-state index in [2.05, 4.69) is 9.88 Å². The minimum Gasteiger partial charge on any atom is -0.481 e. The van der Waals surface area contributed by atoms with E-state index < -0.39 is 5.97 Å². The minimum atomic E-state index is -0.715. The number of aliphatic carboxylic acids is 1. The van der Waals surface area contributed by atoms with Crippen LogP contribution >= 0.6 is 0 Å². The molecule has 0 bridgehead atoms. The predicted octanol–water partition coefficient (Wildman–Crippen LogP) is 2.38. The van der Waals surface area contributed by atoms with Crippen molar-refractivity contribution in [3.8, 4) is 0 Å². The zero-order valence-corrected chi connectivity index (χ0v) is 11.7. The monoisotopic (exact) mass is 282 g/mol. The fourth-order valence-corrected chi connectivity index (χ4v) is 3.02. The summed E-state index contributed by atoms with van der Waals surface area (Å²) in [6.45, 7) is 2.04. The van der Waals surface area contributed by atoms with Gasteiger partial charge < -0.3 is 5.11 Å². The van der Waals surface area contributed by atoms with E-state index >= 15 is 0 Å². The van der Waals surface area contributed by atoms with Crippen molar-refractivity contribution >= 4 is 5.97 Å². The number of carboxylic acids is 1. The molecule has 0 radical (unpaired) electrons. The lowest BCUT2D eigenvalue weighted by Gasteiger charge is -2.15. The van der Waals surface area contributed by atoms with Crippen molar-refractivity contribution in [2.24, 2.45) is 5.92 Å². The fourth-order valence-electron chi connectivity index (χ4n) is 3.02. The first-order chi connectivity index (χ1) is 10.2. The molecule has 21 heavy (non-hydrogen) atoms. The minimum absolute atomic E-state index is 0.0485. The number of rotatable bonds is 4. The molecule has 2 heterocycles. The molecule has 0 unspecified atom stereocenters. The highest BCUT2D eigenvalue weighted by Crippen LogP contribution is 2.33. The summed E-state index contributed by atoms with van der Waals surface area (Å²) in [6.07, 6.45) is 1.77. The van der Waals surface area contributed by atoms with Gasteiger partial charge in [-0.3, -0.25) is 14.7 Å². The summed E-state index contributed by atoms with van der Waals surface area (Å²) < 4.78 is 0. The Bertz CT molecular complexity index is 601. The highest BCUT2D eigenvalue weighted by Gasteiger charge is 2.38. The number of pyridine rings is 1. The summed E-state index contributed by atoms with van der Waals surface area (Å²) in [6, 6.07) is 15.8. The molecule has 4 nitrogen and oxygen atoms in total. The van der Waals surface area contributed by atoms with Gasteiger partial charge in [0.2, 0.25) is 0 Å². The van der Waals surface area contributed by atoms with Gasteiger partial charge in [0, 0.05) is 31.7 Å². The average Bonchev–Trinajstić information content (AvgIpc) is 2.93. The standard InChI is InChI=1S/C17H18N2O2/c20-17(21)16-12-19(10-14-8-4-5-9-18-14)11-15(16)13-6-2-1-3-7-13/h1-9,15-16H,10-12H2,(H,20,21)/t15-,16+/m1/s1. The molecule has 2 atom stereocenters. The lowest BCUT2D eigenvalue weighted by Crippen LogP contribution is -2.23. The largest absolute Gasteiger partial charge is 0.481 e. The van der Waals surface area contributed by atoms with Gasteiger partial charge in [-0.05, 0) is 17.7 Å². The molecule has 4 heteroatoms. The molecular formula is C17H18N2O2. The van der Waals surface area contributed by atoms with Crippen LogP contribution in [0.4, 0.5) is 0 Å². The first-order valence-corrected chi connectivity index (χ1v) is 7.14. The zero-order valence-electron chi connectivity index (χ0n) is 11.7. The molecule has 108 valence electrons. The molecule has 1 aliphatic heterocycles. The van der Waals surface area contributed by atoms with Crippen LogP contribution in [0.1, 0.15) is 17.2 Å². The Hall–Kier alpha value is -2.20. The number of benzene rings is 1. The van der Waals surface area contributed by atoms with Crippen molar-refractivity contribution in [3.05, 3.63) is 66.0 Å². The summed E-state index contributed by atoms with van der Waals surface area (Å²) in [4.78, 5) is 18.0. The van der Waals surface area contributed by atoms with Crippen LogP contribution < -0.4 is 0 Å². The van der Waals surface area contributed by atoms with Gasteiger partial charge in [0.05, 0.1) is 11.6 Å². The van der Waals surface area contributed by atoms with Gasteiger partial charge in [-0.25, -0.2) is 0 Å². The van der Waals surface area contributed by atoms with Crippen LogP contribution in [0, 0.1) is 5.92 Å². The second-order valence-electron chi connectivity index (χ2n) is 5.48. The van der Waals surface area contributed by atoms with Crippen LogP contribution in [-0.2, 0) is 11.3 Å². The smallest absolute Gasteiger partial charge is 0.308 e. The number of carboxylic acid groups (broad SMARTS) is 1. The Morgan fingerprint density at radius 1 is 1.14 bits per heavy atom. The normalized spacial score (nSPS) is 22.3. The lowest BCUT2D eigenvalue weighted by atomic mass is 9.89. The summed E-state index contributed by atoms with van der Waals surface area (Å²) >= 11 is 0. The van der Waals surface area contributed by atoms with Crippen LogP contribution in [0.15, 0.2) is 54.7 Å². The maximum absolute atomic E-state index is 11.5. The van der Waals surface area contributed by atoms with Crippen molar-refractivity contribution in [2.75, 3.05) is 13.1 Å². The highest BCUT2D eigenvalue weighted by atomic mass is 16.4. The van der Waals surface area contributed by atoms with E-state index in [1.165, 1.54) is 0 Å². The van der Waals surface area contributed by atoms with E-state index in [4.69, 9.17) is 0 Å². The van der Waals surface area contributed by atoms with Gasteiger partial charge in [0.15, 0.2) is 0 Å². The average molecular weight is 282 g/mol. The fraction of sp³-hybridized carbons (Fsp3) is 0.294. The molecule has 1 aromatic heterocycles. The Balaban J connectivity index is 1.77. The van der Waals surface area contributed by atoms with Crippen molar-refractivity contribution < 1.29 is 9.90 Å². The van der Waals surface area contributed by atoms with E-state index in [1.807, 2.05) is 48.5 Å². The summed E-state index contributed by atoms with van der Waals surface area (Å²) in [5.41, 5.74) is 2.09. The van der Waals surface area contributed by atoms with Crippen LogP contribution in [0.3, 0.4) is 0 Å². The van der Waals surface area contributed by atoms with E-state index in [9.17, 15) is 9.90 Å². The Kier molecular flexibility index (Phi) is 3.97. The third-order valence-electron chi connectivity index (χ3n) is 4.05. The number of hydrogen-bond donors (Lipinski definition) is 1. The third kappa shape index (κ3) is 3.11. The quantitative estimate of drug-likeness (QED) is 0.935. The predicted molar refractivity (Wildman–Crippen MR) is 79.8 cm³/mol. The second kappa shape index (κ2) is 6.06. The maximum Gasteiger partial charge on any atom is 0.308 e. The van der Waals surface area contributed by atoms with Gasteiger partial charge >= 0.3 is 5.97 Å². The topological polar surface area (TPSA) is 53.4 Å². The molecule has 1 aliphatic rings. The highest BCUT2D eigenvalue weighted by molar-refractivity contribution is 5.72. The number of carbonyl (C=O) groups is 1. The molecule has 0 amide bonds. The molecule has 1 N–H and O–H groups in total. The van der Waals surface area contributed by atoms with E-state index in [0.717, 1.165) is 17.8 Å². The van der Waals surface area contributed by atoms with Gasteiger partial charge in [0.25, 0.3) is 0 Å². The molecule has 0 aliphatic carbocycles. The number of nitrogens with zero attached hydrogens (tertiary/aromatic N) is 2. The third-order valence-corrected chi connectivity index (χ3v) is 4.05. The maximum atomic E-state index is 11.5. The van der Waals surface area contributed by atoms with Gasteiger partial charge in [0.1, 0.15) is 0 Å². The number of likely N-dealkylation sites (tertiary alicyclic amines) is 1. The molecule has 1 aromatic carbocycles. The SMILES string of the molecule is O=C(O)[C@H]1CN(Cc2ccccn2)C[C@@H]1c1ccccc1. The van der Waals surface area contributed by atoms with Crippen LogP contribution in [0.25, 0.3) is 0 Å². The molecule has 2 aromatic rings. The molecule has 1 saturated heterocycles. The van der Waals surface area contributed by atoms with Crippen molar-refractivity contribution in [2.45, 2.75) is 12.5 Å². The molecule has 0 spiro atoms. The van der Waals surface area contributed by atoms with Gasteiger partial charge in [-0.2, -0.15) is 0 Å². The molecule has 3 rings (SSSR count). The number of hydrogen-bond acceptors (Lipinski definition) is 3. The Labute approximate surface area is 124 Å². The van der Waals surface area contributed by atoms with Crippen LogP contribution in [0.2, 0.25) is 0 Å². The van der Waals surface area contributed by atoms with E-state index in [1.54, 1.807) is 6.20 Å². The second-order valence-corrected chi connectivity index (χ2v) is 5.48. The Morgan fingerprint density at radius 2 is 1.90 bits per heavy atom. The van der Waals surface area contributed by atoms with Gasteiger partial charge in [-0.15, -0.1) is 0 Å². The first kappa shape index (κ1) is 13.8. The molecule has 1 fully saturated rings. The van der Waals surface area contributed by atoms with E-state index in [-0.39, 0.29) is 11.8 Å². The van der Waals surface area contributed by atoms with Crippen molar-refractivity contribution in [1.82, 2.24) is 9.88 Å². The van der Waals surface area contributed by atoms with Crippen molar-refractivity contribution in [3.63, 3.8) is 0 Å². The van der Waals surface area contributed by atoms with Gasteiger partial charge in [-0.1, -0.05) is 36.4 Å². The van der Waals surface area contributed by atoms with Crippen LogP contribution in [0.5, 0.6) is 0 Å². The van der Waals surface area contributed by atoms with Crippen LogP contribution in [-0.4, -0.2) is 34.0 Å². The Morgan fingerprint density at radius 3 is 2.57 bits per heavy atom. The lowest BCUT2D eigenvalue weighted by molar-refractivity contribution is -0.141. The summed E-state index contributed by atoms with van der Waals surface area (Å²) in [7, 11) is 0. The number of aromatic nitrogens is 1.